The highest BCUT2D eigenvalue weighted by atomic mass is 19.2. The third-order valence-electron chi connectivity index (χ3n) is 3.46. The van der Waals surface area contributed by atoms with Gasteiger partial charge in [0.05, 0.1) is 24.7 Å². The van der Waals surface area contributed by atoms with Crippen molar-refractivity contribution in [2.75, 3.05) is 17.7 Å². The van der Waals surface area contributed by atoms with Gasteiger partial charge < -0.3 is 15.4 Å². The molecule has 0 aliphatic rings. The quantitative estimate of drug-likeness (QED) is 0.667. The van der Waals surface area contributed by atoms with Crippen LogP contribution in [0.3, 0.4) is 0 Å². The first-order valence-corrected chi connectivity index (χ1v) is 7.50. The molecule has 2 N–H and O–H groups in total. The van der Waals surface area contributed by atoms with Gasteiger partial charge in [-0.25, -0.2) is 13.2 Å². The van der Waals surface area contributed by atoms with Crippen molar-refractivity contribution in [1.82, 2.24) is 15.2 Å². The van der Waals surface area contributed by atoms with Crippen molar-refractivity contribution < 1.29 is 17.9 Å². The second-order valence-corrected chi connectivity index (χ2v) is 5.34. The van der Waals surface area contributed by atoms with Crippen LogP contribution in [0.5, 0.6) is 5.75 Å². The lowest BCUT2D eigenvalue weighted by molar-refractivity contribution is 0.416. The van der Waals surface area contributed by atoms with Crippen LogP contribution in [0.2, 0.25) is 0 Å². The standard InChI is InChI=1S/C17H14F3N5O/c1-9-3-6-13(26-2)12(7-9)22-14-8-21-25-17(24-14)23-11-5-4-10(18)15(19)16(11)20/h3-8H,1-2H3,(H2,22,23,24,25). The summed E-state index contributed by atoms with van der Waals surface area (Å²) in [6.07, 6.45) is 1.36. The Bertz CT molecular complexity index is 952. The molecule has 0 radical (unpaired) electrons. The fourth-order valence-corrected chi connectivity index (χ4v) is 2.22. The summed E-state index contributed by atoms with van der Waals surface area (Å²) in [5.74, 6) is -3.43. The molecule has 0 aliphatic carbocycles. The molecule has 0 spiro atoms. The van der Waals surface area contributed by atoms with E-state index in [-0.39, 0.29) is 11.6 Å². The molecule has 3 rings (SSSR count). The fourth-order valence-electron chi connectivity index (χ4n) is 2.22. The number of benzene rings is 2. The molecule has 0 bridgehead atoms. The lowest BCUT2D eigenvalue weighted by atomic mass is 10.2. The molecule has 9 heteroatoms. The smallest absolute Gasteiger partial charge is 0.249 e. The highest BCUT2D eigenvalue weighted by molar-refractivity contribution is 5.65. The van der Waals surface area contributed by atoms with Gasteiger partial charge in [0.2, 0.25) is 5.95 Å². The normalized spacial score (nSPS) is 10.5. The first kappa shape index (κ1) is 17.5. The van der Waals surface area contributed by atoms with E-state index in [0.717, 1.165) is 17.7 Å². The Kier molecular flexibility index (Phi) is 4.87. The lowest BCUT2D eigenvalue weighted by Crippen LogP contribution is -2.05. The third kappa shape index (κ3) is 3.66. The summed E-state index contributed by atoms with van der Waals surface area (Å²) in [7, 11) is 1.53. The van der Waals surface area contributed by atoms with Crippen molar-refractivity contribution in [2.24, 2.45) is 0 Å². The van der Waals surface area contributed by atoms with Gasteiger partial charge in [-0.2, -0.15) is 10.1 Å². The molecule has 0 amide bonds. The van der Waals surface area contributed by atoms with Crippen LogP contribution >= 0.6 is 0 Å². The molecule has 0 unspecified atom stereocenters. The molecule has 0 atom stereocenters. The number of hydrogen-bond acceptors (Lipinski definition) is 6. The molecule has 0 saturated carbocycles. The number of nitrogens with zero attached hydrogens (tertiary/aromatic N) is 3. The van der Waals surface area contributed by atoms with Crippen molar-refractivity contribution >= 4 is 23.1 Å². The van der Waals surface area contributed by atoms with Crippen molar-refractivity contribution in [3.8, 4) is 5.75 Å². The molecule has 1 aromatic heterocycles. The number of aromatic nitrogens is 3. The zero-order valence-electron chi connectivity index (χ0n) is 13.8. The molecule has 26 heavy (non-hydrogen) atoms. The van der Waals surface area contributed by atoms with Crippen LogP contribution in [0.4, 0.5) is 36.3 Å². The molecule has 2 aromatic carbocycles. The molecule has 1 heterocycles. The summed E-state index contributed by atoms with van der Waals surface area (Å²) in [4.78, 5) is 4.13. The third-order valence-corrected chi connectivity index (χ3v) is 3.46. The number of nitrogens with one attached hydrogen (secondary N) is 2. The lowest BCUT2D eigenvalue weighted by Gasteiger charge is -2.12. The van der Waals surface area contributed by atoms with E-state index in [2.05, 4.69) is 25.8 Å². The largest absolute Gasteiger partial charge is 0.495 e. The molecule has 6 nitrogen and oxygen atoms in total. The maximum Gasteiger partial charge on any atom is 0.249 e. The average Bonchev–Trinajstić information content (AvgIpc) is 2.63. The highest BCUT2D eigenvalue weighted by Gasteiger charge is 2.14. The van der Waals surface area contributed by atoms with Crippen LogP contribution in [-0.4, -0.2) is 22.3 Å². The van der Waals surface area contributed by atoms with Crippen LogP contribution in [-0.2, 0) is 0 Å². The van der Waals surface area contributed by atoms with Gasteiger partial charge >= 0.3 is 0 Å². The van der Waals surface area contributed by atoms with E-state index >= 15 is 0 Å². The molecule has 0 aliphatic heterocycles. The molecule has 0 saturated heterocycles. The van der Waals surface area contributed by atoms with E-state index in [1.807, 2.05) is 19.1 Å². The maximum atomic E-state index is 13.8. The van der Waals surface area contributed by atoms with E-state index in [9.17, 15) is 13.2 Å². The van der Waals surface area contributed by atoms with Crippen molar-refractivity contribution in [1.29, 1.82) is 0 Å². The Hall–Kier alpha value is -3.36. The number of methoxy groups -OCH3 is 1. The summed E-state index contributed by atoms with van der Waals surface area (Å²) in [6, 6.07) is 7.38. The average molecular weight is 361 g/mol. The number of hydrogen-bond donors (Lipinski definition) is 2. The Morgan fingerprint density at radius 3 is 2.54 bits per heavy atom. The first-order valence-electron chi connectivity index (χ1n) is 7.50. The van der Waals surface area contributed by atoms with Gasteiger partial charge in [-0.15, -0.1) is 5.10 Å². The number of aryl methyl sites for hydroxylation is 1. The predicted molar refractivity (Wildman–Crippen MR) is 90.4 cm³/mol. The Morgan fingerprint density at radius 1 is 0.962 bits per heavy atom. The van der Waals surface area contributed by atoms with Crippen LogP contribution in [0.25, 0.3) is 0 Å². The summed E-state index contributed by atoms with van der Waals surface area (Å²) in [6.45, 7) is 1.92. The zero-order chi connectivity index (χ0) is 18.7. The van der Waals surface area contributed by atoms with Crippen molar-refractivity contribution in [2.45, 2.75) is 6.92 Å². The Balaban J connectivity index is 1.85. The van der Waals surface area contributed by atoms with Gasteiger partial charge in [-0.05, 0) is 36.8 Å². The summed E-state index contributed by atoms with van der Waals surface area (Å²) in [5.41, 5.74) is 1.34. The minimum Gasteiger partial charge on any atom is -0.495 e. The van der Waals surface area contributed by atoms with E-state index in [4.69, 9.17) is 4.74 Å². The van der Waals surface area contributed by atoms with Crippen LogP contribution in [0.1, 0.15) is 5.56 Å². The topological polar surface area (TPSA) is 72.0 Å². The van der Waals surface area contributed by atoms with Crippen molar-refractivity contribution in [3.05, 3.63) is 59.5 Å². The van der Waals surface area contributed by atoms with Gasteiger partial charge in [0.15, 0.2) is 23.3 Å². The van der Waals surface area contributed by atoms with Crippen LogP contribution < -0.4 is 15.4 Å². The predicted octanol–water partition coefficient (Wildman–Crippen LogP) is 4.09. The highest BCUT2D eigenvalue weighted by Crippen LogP contribution is 2.28. The van der Waals surface area contributed by atoms with E-state index in [0.29, 0.717) is 17.3 Å². The number of anilines is 4. The molecule has 3 aromatic rings. The Labute approximate surface area is 147 Å². The zero-order valence-corrected chi connectivity index (χ0v) is 13.8. The Morgan fingerprint density at radius 2 is 1.77 bits per heavy atom. The monoisotopic (exact) mass is 361 g/mol. The summed E-state index contributed by atoms with van der Waals surface area (Å²) >= 11 is 0. The van der Waals surface area contributed by atoms with Gasteiger partial charge in [0.1, 0.15) is 5.75 Å². The van der Waals surface area contributed by atoms with E-state index in [1.54, 1.807) is 6.07 Å². The second-order valence-electron chi connectivity index (χ2n) is 5.34. The minimum atomic E-state index is -1.58. The number of ether oxygens (including phenoxy) is 1. The SMILES string of the molecule is COc1ccc(C)cc1Nc1cnnc(Nc2ccc(F)c(F)c2F)n1. The molecule has 0 fully saturated rings. The van der Waals surface area contributed by atoms with E-state index < -0.39 is 17.5 Å². The van der Waals surface area contributed by atoms with Gasteiger partial charge in [0, 0.05) is 0 Å². The van der Waals surface area contributed by atoms with Crippen molar-refractivity contribution in [3.63, 3.8) is 0 Å². The summed E-state index contributed by atoms with van der Waals surface area (Å²) in [5, 5.41) is 12.9. The first-order chi connectivity index (χ1) is 12.5. The minimum absolute atomic E-state index is 0.0912. The van der Waals surface area contributed by atoms with E-state index in [1.165, 1.54) is 13.3 Å². The van der Waals surface area contributed by atoms with Crippen LogP contribution in [0, 0.1) is 24.4 Å². The van der Waals surface area contributed by atoms with Gasteiger partial charge in [-0.3, -0.25) is 0 Å². The molecular formula is C17H14F3N5O. The number of rotatable bonds is 5. The van der Waals surface area contributed by atoms with Gasteiger partial charge in [0.25, 0.3) is 0 Å². The molecular weight excluding hydrogens is 347 g/mol. The second kappa shape index (κ2) is 7.26. The fraction of sp³-hybridized carbons (Fsp3) is 0.118. The number of halogens is 3. The molecule has 134 valence electrons. The summed E-state index contributed by atoms with van der Waals surface area (Å²) < 4.78 is 45.3. The van der Waals surface area contributed by atoms with Crippen LogP contribution in [0.15, 0.2) is 36.5 Å². The maximum absolute atomic E-state index is 13.8. The van der Waals surface area contributed by atoms with Gasteiger partial charge in [-0.1, -0.05) is 6.07 Å².